The van der Waals surface area contributed by atoms with E-state index in [1.54, 1.807) is 0 Å². The van der Waals surface area contributed by atoms with Gasteiger partial charge in [-0.15, -0.1) is 0 Å². The van der Waals surface area contributed by atoms with Crippen LogP contribution in [-0.2, 0) is 4.79 Å². The van der Waals surface area contributed by atoms with E-state index in [4.69, 9.17) is 0 Å². The van der Waals surface area contributed by atoms with Crippen LogP contribution in [0.25, 0.3) is 10.9 Å². The monoisotopic (exact) mass is 424 g/mol. The van der Waals surface area contributed by atoms with Gasteiger partial charge in [-0.3, -0.25) is 14.7 Å². The average Bonchev–Trinajstić information content (AvgIpc) is 2.69. The van der Waals surface area contributed by atoms with E-state index in [1.165, 1.54) is 0 Å². The molecule has 0 bridgehead atoms. The molecule has 4 nitrogen and oxygen atoms in total. The molecular weight excluding hydrogens is 404 g/mol. The normalized spacial score (nSPS) is 19.1. The molecule has 0 aliphatic carbocycles. The quantitative estimate of drug-likeness (QED) is 0.638. The molecule has 0 saturated carbocycles. The number of rotatable bonds is 4. The zero-order chi connectivity index (χ0) is 18.8. The molecular formula is C22H21BrN2O2. The molecule has 1 N–H and O–H groups in total. The molecule has 1 aliphatic rings. The summed E-state index contributed by atoms with van der Waals surface area (Å²) >= 11 is 3.57. The van der Waals surface area contributed by atoms with Gasteiger partial charge in [0, 0.05) is 16.1 Å². The molecule has 4 rings (SSSR count). The number of pyridine rings is 1. The molecule has 5 heteroatoms. The molecule has 0 amide bonds. The van der Waals surface area contributed by atoms with Crippen LogP contribution in [0.4, 0.5) is 0 Å². The van der Waals surface area contributed by atoms with E-state index >= 15 is 0 Å². The van der Waals surface area contributed by atoms with Crippen LogP contribution in [-0.4, -0.2) is 33.5 Å². The van der Waals surface area contributed by atoms with Crippen LogP contribution in [0.1, 0.15) is 36.4 Å². The van der Waals surface area contributed by atoms with Crippen LogP contribution in [0, 0.1) is 0 Å². The third-order valence-corrected chi connectivity index (χ3v) is 5.80. The number of fused-ring (bicyclic) bond motifs is 1. The minimum absolute atomic E-state index is 0.128. The van der Waals surface area contributed by atoms with Crippen molar-refractivity contribution in [1.82, 2.24) is 9.88 Å². The number of para-hydroxylation sites is 1. The van der Waals surface area contributed by atoms with Crippen molar-refractivity contribution in [2.24, 2.45) is 0 Å². The summed E-state index contributed by atoms with van der Waals surface area (Å²) in [4.78, 5) is 18.6. The molecule has 1 saturated heterocycles. The summed E-state index contributed by atoms with van der Waals surface area (Å²) < 4.78 is 0.993. The Labute approximate surface area is 167 Å². The van der Waals surface area contributed by atoms with Crippen LogP contribution in [0.2, 0.25) is 0 Å². The van der Waals surface area contributed by atoms with Crippen molar-refractivity contribution in [2.75, 3.05) is 6.54 Å². The second kappa shape index (κ2) is 7.79. The van der Waals surface area contributed by atoms with Crippen LogP contribution in [0.3, 0.4) is 0 Å². The maximum atomic E-state index is 12.0. The van der Waals surface area contributed by atoms with E-state index in [0.29, 0.717) is 6.42 Å². The summed E-state index contributed by atoms with van der Waals surface area (Å²) in [5.74, 6) is -0.743. The summed E-state index contributed by atoms with van der Waals surface area (Å²) in [6.45, 7) is 0.769. The Kier molecular flexibility index (Phi) is 5.23. The zero-order valence-corrected chi connectivity index (χ0v) is 16.5. The fourth-order valence-corrected chi connectivity index (χ4v) is 4.53. The van der Waals surface area contributed by atoms with Gasteiger partial charge in [-0.25, -0.2) is 0 Å². The number of benzene rings is 2. The number of carboxylic acid groups (broad SMARTS) is 1. The third-order valence-electron chi connectivity index (χ3n) is 5.30. The van der Waals surface area contributed by atoms with Crippen molar-refractivity contribution >= 4 is 32.8 Å². The largest absolute Gasteiger partial charge is 0.480 e. The fourth-order valence-electron chi connectivity index (χ4n) is 4.11. The molecule has 0 radical (unpaired) electrons. The van der Waals surface area contributed by atoms with Gasteiger partial charge in [0.15, 0.2) is 0 Å². The zero-order valence-electron chi connectivity index (χ0n) is 14.9. The molecule has 138 valence electrons. The highest BCUT2D eigenvalue weighted by Crippen LogP contribution is 2.37. The smallest absolute Gasteiger partial charge is 0.320 e. The number of halogens is 1. The van der Waals surface area contributed by atoms with E-state index in [1.807, 2.05) is 42.6 Å². The number of carboxylic acids is 1. The van der Waals surface area contributed by atoms with Gasteiger partial charge in [-0.05, 0) is 54.8 Å². The van der Waals surface area contributed by atoms with Crippen LogP contribution >= 0.6 is 15.9 Å². The lowest BCUT2D eigenvalue weighted by atomic mass is 9.90. The lowest BCUT2D eigenvalue weighted by Gasteiger charge is -2.40. The van der Waals surface area contributed by atoms with E-state index < -0.39 is 12.0 Å². The highest BCUT2D eigenvalue weighted by Gasteiger charge is 2.35. The Morgan fingerprint density at radius 2 is 2.00 bits per heavy atom. The molecule has 1 aliphatic heterocycles. The van der Waals surface area contributed by atoms with Crippen molar-refractivity contribution in [3.63, 3.8) is 0 Å². The Morgan fingerprint density at radius 1 is 1.15 bits per heavy atom. The average molecular weight is 425 g/mol. The highest BCUT2D eigenvalue weighted by atomic mass is 79.9. The Hall–Kier alpha value is -2.24. The van der Waals surface area contributed by atoms with E-state index in [-0.39, 0.29) is 6.04 Å². The Morgan fingerprint density at radius 3 is 2.81 bits per heavy atom. The summed E-state index contributed by atoms with van der Waals surface area (Å²) in [6, 6.07) is 17.7. The first-order chi connectivity index (χ1) is 13.1. The molecule has 2 unspecified atom stereocenters. The van der Waals surface area contributed by atoms with Crippen molar-refractivity contribution in [1.29, 1.82) is 0 Å². The van der Waals surface area contributed by atoms with Crippen LogP contribution in [0.5, 0.6) is 0 Å². The molecule has 2 aromatic carbocycles. The molecule has 1 fully saturated rings. The van der Waals surface area contributed by atoms with Gasteiger partial charge in [0.1, 0.15) is 6.04 Å². The van der Waals surface area contributed by atoms with Crippen molar-refractivity contribution in [2.45, 2.75) is 31.3 Å². The van der Waals surface area contributed by atoms with Crippen LogP contribution < -0.4 is 0 Å². The minimum Gasteiger partial charge on any atom is -0.480 e. The molecule has 1 aromatic heterocycles. The first-order valence-electron chi connectivity index (χ1n) is 9.23. The second-order valence-corrected chi connectivity index (χ2v) is 7.88. The van der Waals surface area contributed by atoms with E-state index in [2.05, 4.69) is 44.0 Å². The Balaban J connectivity index is 1.92. The SMILES string of the molecule is O=C(O)C1CCCCN1C(c1cccc(Br)c1)c1ccnc2ccccc12. The number of piperidine rings is 1. The number of aromatic nitrogens is 1. The van der Waals surface area contributed by atoms with Gasteiger partial charge >= 0.3 is 5.97 Å². The van der Waals surface area contributed by atoms with Gasteiger partial charge in [0.05, 0.1) is 11.6 Å². The second-order valence-electron chi connectivity index (χ2n) is 6.96. The van der Waals surface area contributed by atoms with Crippen molar-refractivity contribution in [3.05, 3.63) is 76.4 Å². The maximum Gasteiger partial charge on any atom is 0.320 e. The summed E-state index contributed by atoms with van der Waals surface area (Å²) in [5, 5.41) is 10.9. The first kappa shape index (κ1) is 18.1. The number of likely N-dealkylation sites (tertiary alicyclic amines) is 1. The van der Waals surface area contributed by atoms with Gasteiger partial charge < -0.3 is 5.11 Å². The minimum atomic E-state index is -0.743. The number of nitrogens with zero attached hydrogens (tertiary/aromatic N) is 2. The van der Waals surface area contributed by atoms with E-state index in [0.717, 1.165) is 45.9 Å². The number of carbonyl (C=O) groups is 1. The van der Waals surface area contributed by atoms with Gasteiger partial charge in [0.2, 0.25) is 0 Å². The predicted octanol–water partition coefficient (Wildman–Crippen LogP) is 5.03. The lowest BCUT2D eigenvalue weighted by Crippen LogP contribution is -2.46. The van der Waals surface area contributed by atoms with Crippen molar-refractivity contribution in [3.8, 4) is 0 Å². The van der Waals surface area contributed by atoms with Gasteiger partial charge in [-0.2, -0.15) is 0 Å². The number of hydrogen-bond acceptors (Lipinski definition) is 3. The maximum absolute atomic E-state index is 12.0. The lowest BCUT2D eigenvalue weighted by molar-refractivity contribution is -0.145. The summed E-state index contributed by atoms with van der Waals surface area (Å²) in [5.41, 5.74) is 3.12. The molecule has 2 heterocycles. The summed E-state index contributed by atoms with van der Waals surface area (Å²) in [6.07, 6.45) is 4.47. The van der Waals surface area contributed by atoms with Gasteiger partial charge in [0.25, 0.3) is 0 Å². The van der Waals surface area contributed by atoms with Crippen molar-refractivity contribution < 1.29 is 9.90 Å². The molecule has 3 aromatic rings. The Bertz CT molecular complexity index is 970. The van der Waals surface area contributed by atoms with E-state index in [9.17, 15) is 9.90 Å². The fraction of sp³-hybridized carbons (Fsp3) is 0.273. The standard InChI is InChI=1S/C22H21BrN2O2/c23-16-7-5-6-15(14-16)21(25-13-4-3-10-20(25)22(26)27)18-11-12-24-19-9-2-1-8-17(18)19/h1-2,5-9,11-12,14,20-21H,3-4,10,13H2,(H,26,27). The number of aliphatic carboxylic acids is 1. The highest BCUT2D eigenvalue weighted by molar-refractivity contribution is 9.10. The third kappa shape index (κ3) is 3.62. The number of hydrogen-bond donors (Lipinski definition) is 1. The topological polar surface area (TPSA) is 53.4 Å². The predicted molar refractivity (Wildman–Crippen MR) is 110 cm³/mol. The molecule has 27 heavy (non-hydrogen) atoms. The first-order valence-corrected chi connectivity index (χ1v) is 10.0. The van der Waals surface area contributed by atoms with Crippen LogP contribution in [0.15, 0.2) is 65.3 Å². The van der Waals surface area contributed by atoms with Gasteiger partial charge in [-0.1, -0.05) is 52.7 Å². The molecule has 0 spiro atoms. The molecule has 2 atom stereocenters. The summed E-state index contributed by atoms with van der Waals surface area (Å²) in [7, 11) is 0.